The molecule has 0 aromatic heterocycles. The molecule has 0 radical (unpaired) electrons. The number of ether oxygens (including phenoxy) is 1. The monoisotopic (exact) mass is 411 g/mol. The summed E-state index contributed by atoms with van der Waals surface area (Å²) in [6.07, 6.45) is 0. The van der Waals surface area contributed by atoms with Crippen molar-refractivity contribution < 1.29 is 31.5 Å². The minimum absolute atomic E-state index is 0.0497. The molecule has 0 bridgehead atoms. The number of carbonyl (C=O) groups excluding carboxylic acids is 2. The zero-order valence-electron chi connectivity index (χ0n) is 15.3. The Hall–Kier alpha value is -2.65. The Kier molecular flexibility index (Phi) is 6.98. The SMILES string of the molecule is CCN(CC)S(=O)(=O)c1cccc(C(=O)OCC(=O)c2ccc(F)c(F)c2)c1. The van der Waals surface area contributed by atoms with E-state index in [0.29, 0.717) is 6.07 Å². The lowest BCUT2D eigenvalue weighted by atomic mass is 10.1. The Morgan fingerprint density at radius 2 is 1.64 bits per heavy atom. The fourth-order valence-electron chi connectivity index (χ4n) is 2.46. The summed E-state index contributed by atoms with van der Waals surface area (Å²) >= 11 is 0. The summed E-state index contributed by atoms with van der Waals surface area (Å²) < 4.78 is 57.3. The number of esters is 1. The van der Waals surface area contributed by atoms with Gasteiger partial charge in [0.25, 0.3) is 0 Å². The molecule has 6 nitrogen and oxygen atoms in total. The van der Waals surface area contributed by atoms with Gasteiger partial charge in [0.05, 0.1) is 10.5 Å². The van der Waals surface area contributed by atoms with Crippen LogP contribution in [0.3, 0.4) is 0 Å². The molecule has 28 heavy (non-hydrogen) atoms. The second kappa shape index (κ2) is 9.03. The van der Waals surface area contributed by atoms with Crippen molar-refractivity contribution in [2.24, 2.45) is 0 Å². The lowest BCUT2D eigenvalue weighted by Crippen LogP contribution is -2.30. The van der Waals surface area contributed by atoms with Crippen molar-refractivity contribution in [3.63, 3.8) is 0 Å². The molecule has 150 valence electrons. The van der Waals surface area contributed by atoms with Gasteiger partial charge in [0.1, 0.15) is 0 Å². The minimum Gasteiger partial charge on any atom is -0.454 e. The van der Waals surface area contributed by atoms with Gasteiger partial charge in [-0.05, 0) is 36.4 Å². The fourth-order valence-corrected chi connectivity index (χ4v) is 3.97. The highest BCUT2D eigenvalue weighted by molar-refractivity contribution is 7.89. The molecule has 0 aliphatic rings. The highest BCUT2D eigenvalue weighted by Crippen LogP contribution is 2.18. The predicted molar refractivity (Wildman–Crippen MR) is 97.5 cm³/mol. The number of hydrogen-bond acceptors (Lipinski definition) is 5. The van der Waals surface area contributed by atoms with Gasteiger partial charge in [-0.25, -0.2) is 22.0 Å². The van der Waals surface area contributed by atoms with Gasteiger partial charge in [-0.3, -0.25) is 4.79 Å². The highest BCUT2D eigenvalue weighted by Gasteiger charge is 2.23. The first kappa shape index (κ1) is 21.6. The van der Waals surface area contributed by atoms with E-state index in [0.717, 1.165) is 18.2 Å². The molecule has 0 saturated heterocycles. The average Bonchev–Trinajstić information content (AvgIpc) is 2.68. The second-order valence-corrected chi connectivity index (χ2v) is 7.68. The van der Waals surface area contributed by atoms with Gasteiger partial charge in [0.2, 0.25) is 10.0 Å². The van der Waals surface area contributed by atoms with Gasteiger partial charge in [-0.1, -0.05) is 19.9 Å². The van der Waals surface area contributed by atoms with E-state index in [2.05, 4.69) is 0 Å². The smallest absolute Gasteiger partial charge is 0.338 e. The summed E-state index contributed by atoms with van der Waals surface area (Å²) in [5.41, 5.74) is -0.198. The molecule has 0 aliphatic heterocycles. The summed E-state index contributed by atoms with van der Waals surface area (Å²) in [7, 11) is -3.76. The van der Waals surface area contributed by atoms with Crippen molar-refractivity contribution >= 4 is 21.8 Å². The Morgan fingerprint density at radius 1 is 0.964 bits per heavy atom. The lowest BCUT2D eigenvalue weighted by molar-refractivity contribution is 0.0474. The maximum Gasteiger partial charge on any atom is 0.338 e. The van der Waals surface area contributed by atoms with Crippen LogP contribution in [-0.2, 0) is 14.8 Å². The second-order valence-electron chi connectivity index (χ2n) is 5.75. The summed E-state index contributed by atoms with van der Waals surface area (Å²) in [5, 5.41) is 0. The maximum absolute atomic E-state index is 13.2. The molecular formula is C19H19F2NO5S. The fraction of sp³-hybridized carbons (Fsp3) is 0.263. The first-order valence-corrected chi connectivity index (χ1v) is 9.90. The number of hydrogen-bond donors (Lipinski definition) is 0. The third-order valence-electron chi connectivity index (χ3n) is 3.99. The largest absolute Gasteiger partial charge is 0.454 e. The van der Waals surface area contributed by atoms with Gasteiger partial charge in [0.15, 0.2) is 24.0 Å². The standard InChI is InChI=1S/C19H19F2NO5S/c1-3-22(4-2)28(25,26)15-7-5-6-14(10-15)19(24)27-12-18(23)13-8-9-16(20)17(21)11-13/h5-11H,3-4,12H2,1-2H3. The van der Waals surface area contributed by atoms with Gasteiger partial charge in [-0.15, -0.1) is 0 Å². The lowest BCUT2D eigenvalue weighted by Gasteiger charge is -2.18. The third kappa shape index (κ3) is 4.79. The average molecular weight is 411 g/mol. The molecule has 2 rings (SSSR count). The number of carbonyl (C=O) groups is 2. The van der Waals surface area contributed by atoms with Gasteiger partial charge in [-0.2, -0.15) is 4.31 Å². The Morgan fingerprint density at radius 3 is 2.25 bits per heavy atom. The van der Waals surface area contributed by atoms with E-state index in [4.69, 9.17) is 4.74 Å². The van der Waals surface area contributed by atoms with Crippen LogP contribution in [-0.4, -0.2) is 44.2 Å². The molecule has 2 aromatic carbocycles. The van der Waals surface area contributed by atoms with E-state index < -0.39 is 40.0 Å². The highest BCUT2D eigenvalue weighted by atomic mass is 32.2. The van der Waals surface area contributed by atoms with E-state index >= 15 is 0 Å². The maximum atomic E-state index is 13.2. The quantitative estimate of drug-likeness (QED) is 0.493. The van der Waals surface area contributed by atoms with Crippen LogP contribution < -0.4 is 0 Å². The van der Waals surface area contributed by atoms with Crippen molar-refractivity contribution in [3.8, 4) is 0 Å². The molecule has 0 N–H and O–H groups in total. The van der Waals surface area contributed by atoms with Crippen LogP contribution in [0, 0.1) is 11.6 Å². The van der Waals surface area contributed by atoms with E-state index in [1.54, 1.807) is 13.8 Å². The Balaban J connectivity index is 2.13. The molecule has 2 aromatic rings. The van der Waals surface area contributed by atoms with Crippen LogP contribution in [0.15, 0.2) is 47.4 Å². The zero-order chi connectivity index (χ0) is 20.9. The first-order valence-electron chi connectivity index (χ1n) is 8.46. The van der Waals surface area contributed by atoms with Crippen molar-refractivity contribution in [2.75, 3.05) is 19.7 Å². The van der Waals surface area contributed by atoms with Gasteiger partial charge < -0.3 is 4.74 Å². The molecule has 0 unspecified atom stereocenters. The summed E-state index contributed by atoms with van der Waals surface area (Å²) in [4.78, 5) is 24.1. The van der Waals surface area contributed by atoms with Crippen LogP contribution in [0.25, 0.3) is 0 Å². The molecule has 0 fully saturated rings. The van der Waals surface area contributed by atoms with Crippen molar-refractivity contribution in [3.05, 3.63) is 65.2 Å². The van der Waals surface area contributed by atoms with Gasteiger partial charge in [0, 0.05) is 18.7 Å². The molecule has 0 spiro atoms. The van der Waals surface area contributed by atoms with E-state index in [9.17, 15) is 26.8 Å². The predicted octanol–water partition coefficient (Wildman–Crippen LogP) is 3.04. The van der Waals surface area contributed by atoms with E-state index in [1.165, 1.54) is 22.5 Å². The number of benzene rings is 2. The summed E-state index contributed by atoms with van der Waals surface area (Å²) in [6.45, 7) is 3.25. The zero-order valence-corrected chi connectivity index (χ0v) is 16.1. The molecule has 0 atom stereocenters. The van der Waals surface area contributed by atoms with Crippen molar-refractivity contribution in [2.45, 2.75) is 18.7 Å². The third-order valence-corrected chi connectivity index (χ3v) is 6.03. The van der Waals surface area contributed by atoms with Crippen LogP contribution in [0.1, 0.15) is 34.6 Å². The molecule has 9 heteroatoms. The number of ketones is 1. The minimum atomic E-state index is -3.76. The van der Waals surface area contributed by atoms with Crippen molar-refractivity contribution in [1.29, 1.82) is 0 Å². The number of nitrogens with zero attached hydrogens (tertiary/aromatic N) is 1. The summed E-state index contributed by atoms with van der Waals surface area (Å²) in [5.74, 6) is -3.92. The summed E-state index contributed by atoms with van der Waals surface area (Å²) in [6, 6.07) is 7.85. The molecule has 0 amide bonds. The van der Waals surface area contributed by atoms with E-state index in [1.807, 2.05) is 0 Å². The Bertz CT molecular complexity index is 988. The molecule has 0 heterocycles. The molecular weight excluding hydrogens is 392 g/mol. The number of Topliss-reactive ketones (excluding diaryl/α,β-unsaturated/α-hetero) is 1. The number of halogens is 2. The topological polar surface area (TPSA) is 80.8 Å². The van der Waals surface area contributed by atoms with Gasteiger partial charge >= 0.3 is 5.97 Å². The number of rotatable bonds is 8. The number of sulfonamides is 1. The van der Waals surface area contributed by atoms with Crippen LogP contribution in [0.5, 0.6) is 0 Å². The molecule has 0 aliphatic carbocycles. The van der Waals surface area contributed by atoms with E-state index in [-0.39, 0.29) is 29.1 Å². The van der Waals surface area contributed by atoms with Crippen LogP contribution in [0.2, 0.25) is 0 Å². The van der Waals surface area contributed by atoms with Crippen molar-refractivity contribution in [1.82, 2.24) is 4.31 Å². The van der Waals surface area contributed by atoms with Crippen LogP contribution >= 0.6 is 0 Å². The first-order chi connectivity index (χ1) is 13.2. The normalized spacial score (nSPS) is 11.5. The Labute approximate surface area is 161 Å². The van der Waals surface area contributed by atoms with Crippen LogP contribution in [0.4, 0.5) is 8.78 Å². The molecule has 0 saturated carbocycles.